The van der Waals surface area contributed by atoms with Gasteiger partial charge in [0.1, 0.15) is 5.78 Å². The zero-order valence-corrected chi connectivity index (χ0v) is 11.2. The summed E-state index contributed by atoms with van der Waals surface area (Å²) in [7, 11) is 0. The monoisotopic (exact) mass is 328 g/mol. The largest absolute Gasteiger partial charge is 0.416 e. The van der Waals surface area contributed by atoms with Crippen molar-refractivity contribution >= 4 is 33.3 Å². The van der Waals surface area contributed by atoms with Crippen molar-refractivity contribution < 1.29 is 18.0 Å². The van der Waals surface area contributed by atoms with Crippen LogP contribution >= 0.6 is 27.5 Å². The van der Waals surface area contributed by atoms with Crippen molar-refractivity contribution in [3.05, 3.63) is 34.3 Å². The highest BCUT2D eigenvalue weighted by Crippen LogP contribution is 2.32. The molecule has 0 aliphatic carbocycles. The van der Waals surface area contributed by atoms with Crippen LogP contribution in [0.3, 0.4) is 0 Å². The number of ketones is 1. The zero-order valence-electron chi connectivity index (χ0n) is 8.81. The first-order valence-corrected chi connectivity index (χ1v) is 6.00. The number of hydrogen-bond donors (Lipinski definition) is 0. The van der Waals surface area contributed by atoms with E-state index in [9.17, 15) is 18.0 Å². The molecule has 0 aliphatic heterocycles. The minimum atomic E-state index is -4.43. The first kappa shape index (κ1) is 14.5. The van der Waals surface area contributed by atoms with Crippen LogP contribution in [0.1, 0.15) is 18.1 Å². The van der Waals surface area contributed by atoms with Crippen LogP contribution in [0, 0.1) is 0 Å². The minimum absolute atomic E-state index is 0.0121. The van der Waals surface area contributed by atoms with Crippen molar-refractivity contribution in [1.82, 2.24) is 0 Å². The molecule has 0 aromatic heterocycles. The lowest BCUT2D eigenvalue weighted by atomic mass is 10.0. The lowest BCUT2D eigenvalue weighted by molar-refractivity contribution is -0.137. The molecule has 1 rings (SSSR count). The lowest BCUT2D eigenvalue weighted by Gasteiger charge is -2.11. The SMILES string of the molecule is CC(=O)C(Br)Cc1cc(Cl)cc(C(F)(F)F)c1. The fraction of sp³-hybridized carbons (Fsp3) is 0.364. The maximum Gasteiger partial charge on any atom is 0.416 e. The summed E-state index contributed by atoms with van der Waals surface area (Å²) in [5.41, 5.74) is -0.426. The smallest absolute Gasteiger partial charge is 0.299 e. The summed E-state index contributed by atoms with van der Waals surface area (Å²) < 4.78 is 37.5. The third-order valence-corrected chi connectivity index (χ3v) is 3.33. The topological polar surface area (TPSA) is 17.1 Å². The van der Waals surface area contributed by atoms with E-state index in [0.29, 0.717) is 5.56 Å². The van der Waals surface area contributed by atoms with Crippen LogP contribution in [-0.4, -0.2) is 10.6 Å². The van der Waals surface area contributed by atoms with E-state index in [1.54, 1.807) is 0 Å². The first-order chi connectivity index (χ1) is 7.70. The fourth-order valence-electron chi connectivity index (χ4n) is 1.28. The van der Waals surface area contributed by atoms with Crippen molar-refractivity contribution in [1.29, 1.82) is 0 Å². The van der Waals surface area contributed by atoms with E-state index >= 15 is 0 Å². The molecule has 0 spiro atoms. The van der Waals surface area contributed by atoms with E-state index in [4.69, 9.17) is 11.6 Å². The van der Waals surface area contributed by atoms with Gasteiger partial charge in [0.25, 0.3) is 0 Å². The first-order valence-electron chi connectivity index (χ1n) is 4.71. The Morgan fingerprint density at radius 2 is 2.00 bits per heavy atom. The maximum absolute atomic E-state index is 12.5. The van der Waals surface area contributed by atoms with Crippen molar-refractivity contribution in [2.24, 2.45) is 0 Å². The molecule has 0 saturated heterocycles. The van der Waals surface area contributed by atoms with Crippen molar-refractivity contribution in [3.8, 4) is 0 Å². The summed E-state index contributed by atoms with van der Waals surface area (Å²) >= 11 is 8.72. The number of carbonyl (C=O) groups excluding carboxylic acids is 1. The zero-order chi connectivity index (χ0) is 13.2. The molecule has 1 nitrogen and oxygen atoms in total. The average Bonchev–Trinajstić information content (AvgIpc) is 2.15. The summed E-state index contributed by atoms with van der Waals surface area (Å²) in [6.07, 6.45) is -4.25. The van der Waals surface area contributed by atoms with Gasteiger partial charge in [-0.2, -0.15) is 13.2 Å². The van der Waals surface area contributed by atoms with Crippen LogP contribution in [0.2, 0.25) is 5.02 Å². The van der Waals surface area contributed by atoms with Gasteiger partial charge in [0.15, 0.2) is 0 Å². The molecule has 94 valence electrons. The van der Waals surface area contributed by atoms with Crippen LogP contribution in [0.5, 0.6) is 0 Å². The number of halogens is 5. The molecule has 1 aromatic carbocycles. The van der Waals surface area contributed by atoms with Crippen LogP contribution in [0.4, 0.5) is 13.2 Å². The number of Topliss-reactive ketones (excluding diaryl/α,β-unsaturated/α-hetero) is 1. The molecule has 0 saturated carbocycles. The highest BCUT2D eigenvalue weighted by molar-refractivity contribution is 9.10. The number of hydrogen-bond acceptors (Lipinski definition) is 1. The third kappa shape index (κ3) is 4.32. The van der Waals surface area contributed by atoms with Gasteiger partial charge in [-0.05, 0) is 37.1 Å². The number of benzene rings is 1. The molecule has 1 aromatic rings. The van der Waals surface area contributed by atoms with E-state index in [-0.39, 0.29) is 17.2 Å². The van der Waals surface area contributed by atoms with Crippen LogP contribution < -0.4 is 0 Å². The molecule has 0 fully saturated rings. The van der Waals surface area contributed by atoms with Gasteiger partial charge in [-0.3, -0.25) is 4.79 Å². The Hall–Kier alpha value is -0.550. The molecular weight excluding hydrogens is 320 g/mol. The van der Waals surface area contributed by atoms with Gasteiger partial charge in [-0.15, -0.1) is 0 Å². The molecule has 0 heterocycles. The van der Waals surface area contributed by atoms with Gasteiger partial charge in [-0.1, -0.05) is 27.5 Å². The van der Waals surface area contributed by atoms with E-state index in [1.807, 2.05) is 0 Å². The van der Waals surface area contributed by atoms with Gasteiger partial charge >= 0.3 is 6.18 Å². The van der Waals surface area contributed by atoms with E-state index < -0.39 is 16.6 Å². The molecule has 1 atom stereocenters. The highest BCUT2D eigenvalue weighted by Gasteiger charge is 2.31. The molecule has 17 heavy (non-hydrogen) atoms. The normalized spacial score (nSPS) is 13.5. The van der Waals surface area contributed by atoms with Gasteiger partial charge in [0.2, 0.25) is 0 Å². The second-order valence-electron chi connectivity index (χ2n) is 3.63. The van der Waals surface area contributed by atoms with Crippen molar-refractivity contribution in [3.63, 3.8) is 0 Å². The Bertz CT molecular complexity index is 431. The summed E-state index contributed by atoms with van der Waals surface area (Å²) in [6, 6.07) is 3.29. The average molecular weight is 330 g/mol. The molecule has 6 heteroatoms. The molecule has 0 radical (unpaired) electrons. The van der Waals surface area contributed by atoms with Gasteiger partial charge in [0.05, 0.1) is 10.4 Å². The molecule has 1 unspecified atom stereocenters. The number of carbonyl (C=O) groups is 1. The number of alkyl halides is 4. The fourth-order valence-corrected chi connectivity index (χ4v) is 1.91. The van der Waals surface area contributed by atoms with Gasteiger partial charge < -0.3 is 0 Å². The Labute approximate surface area is 110 Å². The van der Waals surface area contributed by atoms with Gasteiger partial charge in [0, 0.05) is 5.02 Å². The van der Waals surface area contributed by atoms with Crippen LogP contribution in [-0.2, 0) is 17.4 Å². The third-order valence-electron chi connectivity index (χ3n) is 2.14. The van der Waals surface area contributed by atoms with Crippen LogP contribution in [0.15, 0.2) is 18.2 Å². The predicted octanol–water partition coefficient (Wildman–Crippen LogP) is 4.25. The van der Waals surface area contributed by atoms with Crippen molar-refractivity contribution in [2.75, 3.05) is 0 Å². The summed E-state index contributed by atoms with van der Waals surface area (Å²) in [6.45, 7) is 1.37. The van der Waals surface area contributed by atoms with E-state index in [2.05, 4.69) is 15.9 Å². The lowest BCUT2D eigenvalue weighted by Crippen LogP contribution is -2.13. The summed E-state index contributed by atoms with van der Waals surface area (Å²) in [5.74, 6) is -0.140. The van der Waals surface area contributed by atoms with E-state index in [0.717, 1.165) is 12.1 Å². The highest BCUT2D eigenvalue weighted by atomic mass is 79.9. The molecule has 0 bridgehead atoms. The second-order valence-corrected chi connectivity index (χ2v) is 5.17. The molecule has 0 aliphatic rings. The summed E-state index contributed by atoms with van der Waals surface area (Å²) in [5, 5.41) is 0.0121. The Balaban J connectivity index is 3.02. The molecular formula is C11H9BrClF3O. The molecule has 0 N–H and O–H groups in total. The van der Waals surface area contributed by atoms with E-state index in [1.165, 1.54) is 13.0 Å². The minimum Gasteiger partial charge on any atom is -0.299 e. The summed E-state index contributed by atoms with van der Waals surface area (Å²) in [4.78, 5) is 10.5. The van der Waals surface area contributed by atoms with Gasteiger partial charge in [-0.25, -0.2) is 0 Å². The standard InChI is InChI=1S/C11H9BrClF3O/c1-6(17)10(12)4-7-2-8(11(14,15)16)5-9(13)3-7/h2-3,5,10H,4H2,1H3. The second kappa shape index (κ2) is 5.40. The quantitative estimate of drug-likeness (QED) is 0.758. The predicted molar refractivity (Wildman–Crippen MR) is 63.6 cm³/mol. The Kier molecular flexibility index (Phi) is 4.61. The van der Waals surface area contributed by atoms with Crippen molar-refractivity contribution in [2.45, 2.75) is 24.3 Å². The Morgan fingerprint density at radius 1 is 1.41 bits per heavy atom. The molecule has 0 amide bonds. The number of rotatable bonds is 3. The maximum atomic E-state index is 12.5. The van der Waals surface area contributed by atoms with Crippen LogP contribution in [0.25, 0.3) is 0 Å². The Morgan fingerprint density at radius 3 is 2.47 bits per heavy atom.